The second-order valence-corrected chi connectivity index (χ2v) is 5.33. The second kappa shape index (κ2) is 6.39. The number of quaternary nitrogens is 1. The summed E-state index contributed by atoms with van der Waals surface area (Å²) < 4.78 is 5.23. The number of alkyl halides is 1. The van der Waals surface area contributed by atoms with Gasteiger partial charge >= 0.3 is 0 Å². The normalized spacial score (nSPS) is 25.4. The smallest absolute Gasteiger partial charge is 0.157 e. The summed E-state index contributed by atoms with van der Waals surface area (Å²) in [6.45, 7) is 2.37. The molecule has 1 unspecified atom stereocenters. The Hall–Kier alpha value is -0.360. The number of hydrogen-bond acceptors (Lipinski definition) is 4. The fourth-order valence-electron chi connectivity index (χ4n) is 1.05. The van der Waals surface area contributed by atoms with Gasteiger partial charge in [0.25, 0.3) is 0 Å². The number of ether oxygens (including phenoxy) is 1. The summed E-state index contributed by atoms with van der Waals surface area (Å²) in [7, 11) is 5.66. The number of rotatable bonds is 4. The standard InChI is InChI=1S/C7H15NO3.C3H5ClO/c1-8(2,3)5-6(9)4-7(10)11;1-2-3(4)5-2/h6,9H,4-5H2,1-3H3;2-3H,1H3/t6-;2?,3-/m10/s1. The molecule has 0 spiro atoms. The molecule has 16 heavy (non-hydrogen) atoms. The molecule has 3 atom stereocenters. The van der Waals surface area contributed by atoms with Crippen LogP contribution in [0.3, 0.4) is 0 Å². The van der Waals surface area contributed by atoms with Crippen molar-refractivity contribution in [2.24, 2.45) is 0 Å². The van der Waals surface area contributed by atoms with E-state index in [9.17, 15) is 9.90 Å². The molecule has 1 N–H and O–H groups in total. The lowest BCUT2D eigenvalue weighted by Crippen LogP contribution is -2.43. The Labute approximate surface area is 101 Å². The van der Waals surface area contributed by atoms with Crippen LogP contribution in [0.15, 0.2) is 0 Å². The van der Waals surface area contributed by atoms with Gasteiger partial charge in [0.1, 0.15) is 12.6 Å². The molecule has 6 heteroatoms. The molecule has 0 aromatic carbocycles. The summed E-state index contributed by atoms with van der Waals surface area (Å²) >= 11 is 5.31. The average molecular weight is 254 g/mol. The lowest BCUT2D eigenvalue weighted by Gasteiger charge is -2.26. The van der Waals surface area contributed by atoms with Crippen LogP contribution < -0.4 is 5.11 Å². The van der Waals surface area contributed by atoms with Crippen molar-refractivity contribution in [3.05, 3.63) is 0 Å². The maximum Gasteiger partial charge on any atom is 0.157 e. The Kier molecular flexibility index (Phi) is 6.25. The first-order chi connectivity index (χ1) is 7.11. The maximum atomic E-state index is 10.0. The Morgan fingerprint density at radius 1 is 1.56 bits per heavy atom. The molecule has 1 aliphatic heterocycles. The highest BCUT2D eigenvalue weighted by molar-refractivity contribution is 6.21. The van der Waals surface area contributed by atoms with Crippen LogP contribution in [0, 0.1) is 0 Å². The van der Waals surface area contributed by atoms with Gasteiger partial charge in [-0.3, -0.25) is 0 Å². The van der Waals surface area contributed by atoms with E-state index in [0.717, 1.165) is 0 Å². The fourth-order valence-corrected chi connectivity index (χ4v) is 1.21. The first-order valence-corrected chi connectivity index (χ1v) is 5.53. The summed E-state index contributed by atoms with van der Waals surface area (Å²) in [6, 6.07) is 0. The third-order valence-corrected chi connectivity index (χ3v) is 2.26. The van der Waals surface area contributed by atoms with Crippen LogP contribution >= 0.6 is 11.6 Å². The third-order valence-electron chi connectivity index (χ3n) is 1.80. The van der Waals surface area contributed by atoms with Crippen molar-refractivity contribution in [2.75, 3.05) is 27.7 Å². The van der Waals surface area contributed by atoms with Crippen molar-refractivity contribution >= 4 is 17.6 Å². The van der Waals surface area contributed by atoms with E-state index in [2.05, 4.69) is 4.74 Å². The third kappa shape index (κ3) is 10.2. The minimum absolute atomic E-state index is 0.0231. The van der Waals surface area contributed by atoms with Crippen LogP contribution in [0.25, 0.3) is 0 Å². The Balaban J connectivity index is 0.000000368. The summed E-state index contributed by atoms with van der Waals surface area (Å²) in [5.74, 6) is -1.20. The van der Waals surface area contributed by atoms with Gasteiger partial charge in [-0.05, 0) is 6.92 Å². The lowest BCUT2D eigenvalue weighted by molar-refractivity contribution is -0.873. The molecule has 1 aliphatic rings. The number of carboxylic acids is 1. The fraction of sp³-hybridized carbons (Fsp3) is 0.900. The zero-order valence-electron chi connectivity index (χ0n) is 10.1. The van der Waals surface area contributed by atoms with Gasteiger partial charge in [0.2, 0.25) is 0 Å². The van der Waals surface area contributed by atoms with E-state index in [1.54, 1.807) is 0 Å². The van der Waals surface area contributed by atoms with E-state index in [-0.39, 0.29) is 12.0 Å². The predicted octanol–water partition coefficient (Wildman–Crippen LogP) is -0.836. The number of likely N-dealkylation sites (N-methyl/N-ethyl adjacent to an activating group) is 1. The predicted molar refractivity (Wildman–Crippen MR) is 58.7 cm³/mol. The number of carboxylic acid groups (broad SMARTS) is 1. The van der Waals surface area contributed by atoms with E-state index < -0.39 is 12.1 Å². The molecule has 0 amide bonds. The molecule has 0 radical (unpaired) electrons. The molecule has 1 fully saturated rings. The van der Waals surface area contributed by atoms with Gasteiger partial charge in [0.15, 0.2) is 5.56 Å². The largest absolute Gasteiger partial charge is 0.550 e. The Morgan fingerprint density at radius 2 is 1.94 bits per heavy atom. The Morgan fingerprint density at radius 3 is 2.12 bits per heavy atom. The van der Waals surface area contributed by atoms with E-state index in [0.29, 0.717) is 17.1 Å². The molecule has 1 rings (SSSR count). The summed E-state index contributed by atoms with van der Waals surface area (Å²) in [4.78, 5) is 10.0. The highest BCUT2D eigenvalue weighted by Gasteiger charge is 2.30. The molecule has 0 saturated carbocycles. The monoisotopic (exact) mass is 253 g/mol. The Bertz CT molecular complexity index is 223. The van der Waals surface area contributed by atoms with Gasteiger partial charge in [-0.15, -0.1) is 0 Å². The minimum atomic E-state index is -1.20. The van der Waals surface area contributed by atoms with Crippen LogP contribution in [-0.4, -0.2) is 61.0 Å². The van der Waals surface area contributed by atoms with Gasteiger partial charge in [-0.25, -0.2) is 0 Å². The number of nitrogens with zero attached hydrogens (tertiary/aromatic N) is 1. The van der Waals surface area contributed by atoms with Crippen LogP contribution in [0.4, 0.5) is 0 Å². The van der Waals surface area contributed by atoms with Crippen molar-refractivity contribution in [1.82, 2.24) is 0 Å². The maximum absolute atomic E-state index is 10.0. The van der Waals surface area contributed by atoms with Crippen molar-refractivity contribution in [3.63, 3.8) is 0 Å². The number of epoxide rings is 1. The number of hydrogen-bond donors (Lipinski definition) is 1. The number of halogens is 1. The highest BCUT2D eigenvalue weighted by atomic mass is 35.5. The SMILES string of the molecule is CC1O[C@@H]1Cl.C[N+](C)(C)C[C@H](O)CC(=O)[O-]. The molecule has 1 heterocycles. The molecule has 0 aliphatic carbocycles. The second-order valence-electron chi connectivity index (χ2n) is 4.90. The van der Waals surface area contributed by atoms with Crippen LogP contribution in [0.5, 0.6) is 0 Å². The van der Waals surface area contributed by atoms with Crippen molar-refractivity contribution in [3.8, 4) is 0 Å². The summed E-state index contributed by atoms with van der Waals surface area (Å²) in [5, 5.41) is 19.1. The minimum Gasteiger partial charge on any atom is -0.550 e. The quantitative estimate of drug-likeness (QED) is 0.403. The van der Waals surface area contributed by atoms with Gasteiger partial charge in [0, 0.05) is 12.4 Å². The van der Waals surface area contributed by atoms with Gasteiger partial charge in [0.05, 0.1) is 27.2 Å². The molecular weight excluding hydrogens is 234 g/mol. The van der Waals surface area contributed by atoms with Gasteiger partial charge < -0.3 is 24.2 Å². The zero-order valence-corrected chi connectivity index (χ0v) is 10.9. The number of carbonyl (C=O) groups is 1. The molecule has 5 nitrogen and oxygen atoms in total. The number of carbonyl (C=O) groups excluding carboxylic acids is 1. The first kappa shape index (κ1) is 15.6. The van der Waals surface area contributed by atoms with Gasteiger partial charge in [-0.2, -0.15) is 0 Å². The average Bonchev–Trinajstić information content (AvgIpc) is 2.58. The van der Waals surface area contributed by atoms with Gasteiger partial charge in [-0.1, -0.05) is 11.6 Å². The molecule has 1 saturated heterocycles. The van der Waals surface area contributed by atoms with Crippen molar-refractivity contribution in [1.29, 1.82) is 0 Å². The van der Waals surface area contributed by atoms with Crippen LogP contribution in [0.2, 0.25) is 0 Å². The molecule has 0 bridgehead atoms. The summed E-state index contributed by atoms with van der Waals surface area (Å²) in [6.07, 6.45) is -0.771. The molecule has 0 aromatic heterocycles. The number of aliphatic hydroxyl groups excluding tert-OH is 1. The zero-order chi connectivity index (χ0) is 12.9. The molecule has 0 aromatic rings. The van der Waals surface area contributed by atoms with E-state index in [1.807, 2.05) is 28.1 Å². The van der Waals surface area contributed by atoms with Crippen molar-refractivity contribution in [2.45, 2.75) is 31.1 Å². The van der Waals surface area contributed by atoms with Crippen LogP contribution in [-0.2, 0) is 9.53 Å². The molecular formula is C10H20ClNO4. The summed E-state index contributed by atoms with van der Waals surface area (Å²) in [5.41, 5.74) is 0.0231. The number of aliphatic carboxylic acids is 1. The van der Waals surface area contributed by atoms with Crippen LogP contribution in [0.1, 0.15) is 13.3 Å². The van der Waals surface area contributed by atoms with E-state index in [1.165, 1.54) is 0 Å². The van der Waals surface area contributed by atoms with E-state index >= 15 is 0 Å². The topological polar surface area (TPSA) is 72.9 Å². The highest BCUT2D eigenvalue weighted by Crippen LogP contribution is 2.23. The van der Waals surface area contributed by atoms with E-state index in [4.69, 9.17) is 16.7 Å². The lowest BCUT2D eigenvalue weighted by atomic mass is 10.2. The van der Waals surface area contributed by atoms with Crippen molar-refractivity contribution < 1.29 is 24.2 Å². The first-order valence-electron chi connectivity index (χ1n) is 5.09. The number of aliphatic hydroxyl groups is 1. The molecule has 96 valence electrons.